The molecule has 2 aromatic rings. The van der Waals surface area contributed by atoms with Crippen molar-refractivity contribution in [1.82, 2.24) is 5.32 Å². The number of benzene rings is 2. The van der Waals surface area contributed by atoms with Crippen LogP contribution in [0.15, 0.2) is 54.6 Å². The van der Waals surface area contributed by atoms with E-state index in [1.54, 1.807) is 0 Å². The Hall–Kier alpha value is -1.64. The van der Waals surface area contributed by atoms with E-state index in [1.165, 1.54) is 11.1 Å². The average molecular weight is 255 g/mol. The zero-order chi connectivity index (χ0) is 13.7. The molecule has 0 heterocycles. The first kappa shape index (κ1) is 13.8. The SMILES string of the molecule is CC(C)NC(CO)c1ccc(-c2ccccc2)cc1. The summed E-state index contributed by atoms with van der Waals surface area (Å²) in [6.45, 7) is 4.28. The van der Waals surface area contributed by atoms with Crippen LogP contribution in [0.4, 0.5) is 0 Å². The summed E-state index contributed by atoms with van der Waals surface area (Å²) in [4.78, 5) is 0. The highest BCUT2D eigenvalue weighted by Crippen LogP contribution is 2.21. The van der Waals surface area contributed by atoms with Crippen molar-refractivity contribution in [2.45, 2.75) is 25.9 Å². The van der Waals surface area contributed by atoms with Gasteiger partial charge in [0.1, 0.15) is 0 Å². The highest BCUT2D eigenvalue weighted by Gasteiger charge is 2.11. The predicted octanol–water partition coefficient (Wildman–Crippen LogP) is 3.39. The van der Waals surface area contributed by atoms with E-state index >= 15 is 0 Å². The van der Waals surface area contributed by atoms with E-state index in [-0.39, 0.29) is 12.6 Å². The van der Waals surface area contributed by atoms with Crippen LogP contribution < -0.4 is 5.32 Å². The van der Waals surface area contributed by atoms with E-state index < -0.39 is 0 Å². The Balaban J connectivity index is 2.18. The number of rotatable bonds is 5. The fourth-order valence-corrected chi connectivity index (χ4v) is 2.20. The molecule has 2 heteroatoms. The second-order valence-electron chi connectivity index (χ2n) is 5.04. The number of nitrogens with one attached hydrogen (secondary N) is 1. The highest BCUT2D eigenvalue weighted by atomic mass is 16.3. The van der Waals surface area contributed by atoms with Crippen molar-refractivity contribution >= 4 is 0 Å². The summed E-state index contributed by atoms with van der Waals surface area (Å²) >= 11 is 0. The lowest BCUT2D eigenvalue weighted by Crippen LogP contribution is -2.30. The molecule has 2 aromatic carbocycles. The molecule has 0 saturated heterocycles. The van der Waals surface area contributed by atoms with Gasteiger partial charge in [-0.3, -0.25) is 0 Å². The van der Waals surface area contributed by atoms with Crippen LogP contribution in [0.3, 0.4) is 0 Å². The Labute approximate surface area is 115 Å². The maximum absolute atomic E-state index is 9.45. The number of hydrogen-bond donors (Lipinski definition) is 2. The Morgan fingerprint density at radius 1 is 0.895 bits per heavy atom. The van der Waals surface area contributed by atoms with Gasteiger partial charge >= 0.3 is 0 Å². The lowest BCUT2D eigenvalue weighted by molar-refractivity contribution is 0.237. The summed E-state index contributed by atoms with van der Waals surface area (Å²) in [5.74, 6) is 0. The Kier molecular flexibility index (Phi) is 4.72. The summed E-state index contributed by atoms with van der Waals surface area (Å²) in [7, 11) is 0. The molecule has 2 N–H and O–H groups in total. The summed E-state index contributed by atoms with van der Waals surface area (Å²) in [6.07, 6.45) is 0. The quantitative estimate of drug-likeness (QED) is 0.858. The number of hydrogen-bond acceptors (Lipinski definition) is 2. The topological polar surface area (TPSA) is 32.3 Å². The van der Waals surface area contributed by atoms with Crippen molar-refractivity contribution in [2.75, 3.05) is 6.61 Å². The van der Waals surface area contributed by atoms with Crippen molar-refractivity contribution < 1.29 is 5.11 Å². The van der Waals surface area contributed by atoms with Crippen LogP contribution in [-0.2, 0) is 0 Å². The van der Waals surface area contributed by atoms with Crippen molar-refractivity contribution in [2.24, 2.45) is 0 Å². The molecule has 19 heavy (non-hydrogen) atoms. The third-order valence-corrected chi connectivity index (χ3v) is 3.14. The van der Waals surface area contributed by atoms with Crippen LogP contribution in [0.25, 0.3) is 11.1 Å². The first-order valence-electron chi connectivity index (χ1n) is 6.73. The van der Waals surface area contributed by atoms with Gasteiger partial charge in [-0.1, -0.05) is 68.4 Å². The molecule has 0 amide bonds. The molecule has 100 valence electrons. The molecule has 2 nitrogen and oxygen atoms in total. The van der Waals surface area contributed by atoms with E-state index in [9.17, 15) is 5.11 Å². The molecular formula is C17H21NO. The maximum Gasteiger partial charge on any atom is 0.0626 e. The van der Waals surface area contributed by atoms with Gasteiger partial charge in [-0.2, -0.15) is 0 Å². The average Bonchev–Trinajstić information content (AvgIpc) is 2.46. The van der Waals surface area contributed by atoms with Crippen LogP contribution in [0.5, 0.6) is 0 Å². The lowest BCUT2D eigenvalue weighted by Gasteiger charge is -2.19. The molecule has 0 fully saturated rings. The Morgan fingerprint density at radius 3 is 2.00 bits per heavy atom. The van der Waals surface area contributed by atoms with Gasteiger partial charge in [0, 0.05) is 6.04 Å². The highest BCUT2D eigenvalue weighted by molar-refractivity contribution is 5.63. The summed E-state index contributed by atoms with van der Waals surface area (Å²) in [6, 6.07) is 19.0. The Morgan fingerprint density at radius 2 is 1.47 bits per heavy atom. The van der Waals surface area contributed by atoms with Crippen molar-refractivity contribution in [3.05, 3.63) is 60.2 Å². The first-order chi connectivity index (χ1) is 9.20. The third kappa shape index (κ3) is 3.66. The minimum Gasteiger partial charge on any atom is -0.394 e. The second kappa shape index (κ2) is 6.50. The van der Waals surface area contributed by atoms with Crippen molar-refractivity contribution in [3.8, 4) is 11.1 Å². The van der Waals surface area contributed by atoms with E-state index in [0.717, 1.165) is 5.56 Å². The van der Waals surface area contributed by atoms with Gasteiger partial charge in [0.05, 0.1) is 12.6 Å². The molecule has 0 aliphatic heterocycles. The van der Waals surface area contributed by atoms with Gasteiger partial charge < -0.3 is 10.4 Å². The van der Waals surface area contributed by atoms with Gasteiger partial charge in [0.15, 0.2) is 0 Å². The summed E-state index contributed by atoms with van der Waals surface area (Å²) in [5.41, 5.74) is 3.54. The zero-order valence-corrected chi connectivity index (χ0v) is 11.5. The smallest absolute Gasteiger partial charge is 0.0626 e. The Bertz CT molecular complexity index is 490. The largest absolute Gasteiger partial charge is 0.394 e. The number of aliphatic hydroxyl groups excluding tert-OH is 1. The summed E-state index contributed by atoms with van der Waals surface area (Å²) < 4.78 is 0. The monoisotopic (exact) mass is 255 g/mol. The molecule has 0 radical (unpaired) electrons. The molecule has 0 aliphatic carbocycles. The standard InChI is InChI=1S/C17H21NO/c1-13(2)18-17(12-19)16-10-8-15(9-11-16)14-6-4-3-5-7-14/h3-11,13,17-19H,12H2,1-2H3. The minimum atomic E-state index is 0.00447. The second-order valence-corrected chi connectivity index (χ2v) is 5.04. The van der Waals surface area contributed by atoms with Crippen LogP contribution in [-0.4, -0.2) is 17.8 Å². The molecule has 0 aliphatic rings. The molecule has 2 rings (SSSR count). The van der Waals surface area contributed by atoms with E-state index in [0.29, 0.717) is 6.04 Å². The predicted molar refractivity (Wildman–Crippen MR) is 80.0 cm³/mol. The molecule has 0 saturated carbocycles. The molecule has 1 unspecified atom stereocenters. The molecule has 0 spiro atoms. The van der Waals surface area contributed by atoms with Crippen molar-refractivity contribution in [1.29, 1.82) is 0 Å². The molecule has 1 atom stereocenters. The summed E-state index contributed by atoms with van der Waals surface area (Å²) in [5, 5.41) is 12.8. The third-order valence-electron chi connectivity index (χ3n) is 3.14. The van der Waals surface area contributed by atoms with Gasteiger partial charge in [0.25, 0.3) is 0 Å². The van der Waals surface area contributed by atoms with Gasteiger partial charge in [-0.25, -0.2) is 0 Å². The van der Waals surface area contributed by atoms with Crippen LogP contribution in [0.1, 0.15) is 25.5 Å². The first-order valence-corrected chi connectivity index (χ1v) is 6.73. The normalized spacial score (nSPS) is 12.6. The van der Waals surface area contributed by atoms with E-state index in [4.69, 9.17) is 0 Å². The van der Waals surface area contributed by atoms with E-state index in [1.807, 2.05) is 18.2 Å². The lowest BCUT2D eigenvalue weighted by atomic mass is 10.0. The van der Waals surface area contributed by atoms with Crippen LogP contribution in [0.2, 0.25) is 0 Å². The van der Waals surface area contributed by atoms with E-state index in [2.05, 4.69) is 55.6 Å². The minimum absolute atomic E-state index is 0.00447. The van der Waals surface area contributed by atoms with Crippen molar-refractivity contribution in [3.63, 3.8) is 0 Å². The van der Waals surface area contributed by atoms with Gasteiger partial charge in [-0.15, -0.1) is 0 Å². The molecular weight excluding hydrogens is 234 g/mol. The number of aliphatic hydroxyl groups is 1. The van der Waals surface area contributed by atoms with Gasteiger partial charge in [0.2, 0.25) is 0 Å². The fourth-order valence-electron chi connectivity index (χ4n) is 2.20. The van der Waals surface area contributed by atoms with Gasteiger partial charge in [-0.05, 0) is 16.7 Å². The van der Waals surface area contributed by atoms with Crippen LogP contribution in [0, 0.1) is 0 Å². The van der Waals surface area contributed by atoms with Crippen LogP contribution >= 0.6 is 0 Å². The fraction of sp³-hybridized carbons (Fsp3) is 0.294. The maximum atomic E-state index is 9.45. The molecule has 0 aromatic heterocycles. The molecule has 0 bridgehead atoms. The zero-order valence-electron chi connectivity index (χ0n) is 11.5.